The van der Waals surface area contributed by atoms with Gasteiger partial charge in [0.2, 0.25) is 0 Å². The zero-order chi connectivity index (χ0) is 20.4. The molecule has 8 heteroatoms. The van der Waals surface area contributed by atoms with Gasteiger partial charge in [-0.1, -0.05) is 12.1 Å². The fraction of sp³-hybridized carbons (Fsp3) is 0.550. The van der Waals surface area contributed by atoms with E-state index in [0.29, 0.717) is 6.54 Å². The number of benzene rings is 1. The molecule has 0 aliphatic carbocycles. The highest BCUT2D eigenvalue weighted by Crippen LogP contribution is 2.36. The van der Waals surface area contributed by atoms with Crippen molar-refractivity contribution >= 4 is 23.6 Å². The van der Waals surface area contributed by atoms with Crippen molar-refractivity contribution in [3.8, 4) is 0 Å². The molecule has 1 fully saturated rings. The second-order valence-electron chi connectivity index (χ2n) is 7.04. The van der Waals surface area contributed by atoms with Crippen molar-refractivity contribution in [2.75, 3.05) is 18.1 Å². The molecular weight excluding hydrogens is 366 g/mol. The lowest BCUT2D eigenvalue weighted by atomic mass is 10.0. The maximum Gasteiger partial charge on any atom is 0.303 e. The Bertz CT molecular complexity index is 778. The van der Waals surface area contributed by atoms with Crippen molar-refractivity contribution in [2.24, 2.45) is 0 Å². The van der Waals surface area contributed by atoms with E-state index in [-0.39, 0.29) is 6.61 Å². The Hall–Kier alpha value is -2.61. The van der Waals surface area contributed by atoms with Crippen molar-refractivity contribution in [1.82, 2.24) is 0 Å². The maximum absolute atomic E-state index is 11.8. The molecule has 0 unspecified atom stereocenters. The lowest BCUT2D eigenvalue weighted by Crippen LogP contribution is -2.62. The molecule has 2 heterocycles. The Labute approximate surface area is 163 Å². The van der Waals surface area contributed by atoms with Crippen LogP contribution in [-0.2, 0) is 39.8 Å². The Morgan fingerprint density at radius 3 is 2.29 bits per heavy atom. The zero-order valence-electron chi connectivity index (χ0n) is 16.5. The van der Waals surface area contributed by atoms with Crippen LogP contribution >= 0.6 is 0 Å². The maximum atomic E-state index is 11.8. The average Bonchev–Trinajstić information content (AvgIpc) is 3.02. The van der Waals surface area contributed by atoms with Gasteiger partial charge in [0.05, 0.1) is 6.61 Å². The number of fused-ring (bicyclic) bond motifs is 1. The number of esters is 3. The molecule has 3 rings (SSSR count). The van der Waals surface area contributed by atoms with Gasteiger partial charge < -0.3 is 23.8 Å². The highest BCUT2D eigenvalue weighted by atomic mass is 16.6. The summed E-state index contributed by atoms with van der Waals surface area (Å²) in [7, 11) is 0. The highest BCUT2D eigenvalue weighted by Gasteiger charge is 2.49. The second-order valence-corrected chi connectivity index (χ2v) is 7.04. The summed E-state index contributed by atoms with van der Waals surface area (Å²) >= 11 is 0. The Morgan fingerprint density at radius 1 is 1.00 bits per heavy atom. The smallest absolute Gasteiger partial charge is 0.303 e. The van der Waals surface area contributed by atoms with Crippen LogP contribution in [0.15, 0.2) is 18.2 Å². The normalized spacial score (nSPS) is 26.4. The number of rotatable bonds is 4. The third-order valence-corrected chi connectivity index (χ3v) is 4.93. The highest BCUT2D eigenvalue weighted by molar-refractivity contribution is 5.69. The van der Waals surface area contributed by atoms with E-state index in [0.717, 1.165) is 12.1 Å². The molecule has 4 atom stereocenters. The minimum Gasteiger partial charge on any atom is -0.456 e. The van der Waals surface area contributed by atoms with E-state index in [2.05, 4.69) is 0 Å². The van der Waals surface area contributed by atoms with Gasteiger partial charge in [0.1, 0.15) is 0 Å². The van der Waals surface area contributed by atoms with Gasteiger partial charge in [0.25, 0.3) is 0 Å². The van der Waals surface area contributed by atoms with Crippen LogP contribution in [-0.4, -0.2) is 55.6 Å². The molecule has 0 aromatic heterocycles. The van der Waals surface area contributed by atoms with Gasteiger partial charge in [-0.25, -0.2) is 0 Å². The second kappa shape index (κ2) is 8.18. The predicted molar refractivity (Wildman–Crippen MR) is 98.6 cm³/mol. The number of hydrogen-bond acceptors (Lipinski definition) is 8. The zero-order valence-corrected chi connectivity index (χ0v) is 16.5. The van der Waals surface area contributed by atoms with Crippen LogP contribution < -0.4 is 4.90 Å². The number of hydrogen-bond donors (Lipinski definition) is 0. The van der Waals surface area contributed by atoms with Crippen molar-refractivity contribution in [3.05, 3.63) is 29.3 Å². The van der Waals surface area contributed by atoms with Gasteiger partial charge in [-0.3, -0.25) is 14.4 Å². The minimum atomic E-state index is -0.960. The first-order chi connectivity index (χ1) is 13.3. The van der Waals surface area contributed by atoms with Crippen molar-refractivity contribution in [1.29, 1.82) is 0 Å². The van der Waals surface area contributed by atoms with E-state index in [9.17, 15) is 14.4 Å². The van der Waals surface area contributed by atoms with Crippen LogP contribution in [0, 0.1) is 6.92 Å². The summed E-state index contributed by atoms with van der Waals surface area (Å²) in [5.41, 5.74) is 3.38. The first kappa shape index (κ1) is 20.1. The molecule has 152 valence electrons. The Kier molecular flexibility index (Phi) is 5.88. The van der Waals surface area contributed by atoms with Crippen LogP contribution in [0.2, 0.25) is 0 Å². The van der Waals surface area contributed by atoms with Crippen LogP contribution in [0.4, 0.5) is 5.69 Å². The largest absolute Gasteiger partial charge is 0.456 e. The molecule has 0 spiro atoms. The predicted octanol–water partition coefficient (Wildman–Crippen LogP) is 1.51. The van der Waals surface area contributed by atoms with Gasteiger partial charge in [0.15, 0.2) is 24.5 Å². The lowest BCUT2D eigenvalue weighted by molar-refractivity contribution is -0.225. The monoisotopic (exact) mass is 391 g/mol. The molecule has 0 amide bonds. The van der Waals surface area contributed by atoms with E-state index >= 15 is 0 Å². The number of carbonyl (C=O) groups is 3. The van der Waals surface area contributed by atoms with Crippen molar-refractivity contribution < 1.29 is 33.3 Å². The third-order valence-electron chi connectivity index (χ3n) is 4.93. The number of nitrogens with zero attached hydrogens (tertiary/aromatic N) is 1. The van der Waals surface area contributed by atoms with E-state index < -0.39 is 42.4 Å². The Morgan fingerprint density at radius 2 is 1.64 bits per heavy atom. The van der Waals surface area contributed by atoms with E-state index in [1.165, 1.54) is 31.9 Å². The first-order valence-corrected chi connectivity index (χ1v) is 9.26. The molecule has 0 radical (unpaired) electrons. The summed E-state index contributed by atoms with van der Waals surface area (Å²) in [6, 6.07) is 6.00. The summed E-state index contributed by atoms with van der Waals surface area (Å²) in [5, 5.41) is 0. The van der Waals surface area contributed by atoms with Gasteiger partial charge in [-0.05, 0) is 30.5 Å². The van der Waals surface area contributed by atoms with E-state index in [1.54, 1.807) is 0 Å². The molecule has 8 nitrogen and oxygen atoms in total. The van der Waals surface area contributed by atoms with Crippen LogP contribution in [0.3, 0.4) is 0 Å². The lowest BCUT2D eigenvalue weighted by Gasteiger charge is -2.44. The van der Waals surface area contributed by atoms with Crippen LogP contribution in [0.5, 0.6) is 0 Å². The fourth-order valence-corrected chi connectivity index (χ4v) is 3.89. The van der Waals surface area contributed by atoms with Crippen LogP contribution in [0.25, 0.3) is 0 Å². The fourth-order valence-electron chi connectivity index (χ4n) is 3.89. The molecule has 2 aliphatic heterocycles. The third kappa shape index (κ3) is 4.11. The van der Waals surface area contributed by atoms with Crippen molar-refractivity contribution in [3.63, 3.8) is 0 Å². The molecule has 0 N–H and O–H groups in total. The molecule has 1 saturated heterocycles. The summed E-state index contributed by atoms with van der Waals surface area (Å²) in [6.45, 7) is 6.54. The molecule has 0 bridgehead atoms. The van der Waals surface area contributed by atoms with Gasteiger partial charge >= 0.3 is 17.9 Å². The van der Waals surface area contributed by atoms with Gasteiger partial charge in [-0.2, -0.15) is 0 Å². The average molecular weight is 391 g/mol. The summed E-state index contributed by atoms with van der Waals surface area (Å²) in [5.74, 6) is -1.63. The van der Waals surface area contributed by atoms with Crippen LogP contribution in [0.1, 0.15) is 31.9 Å². The van der Waals surface area contributed by atoms with Crippen molar-refractivity contribution in [2.45, 2.75) is 58.7 Å². The molecule has 1 aromatic carbocycles. The molecule has 2 aliphatic rings. The number of carbonyl (C=O) groups excluding carboxylic acids is 3. The number of anilines is 1. The number of aryl methyl sites for hydroxylation is 1. The topological polar surface area (TPSA) is 91.4 Å². The molecule has 1 aromatic rings. The molecular formula is C20H25NO7. The quantitative estimate of drug-likeness (QED) is 0.563. The van der Waals surface area contributed by atoms with Gasteiger partial charge in [0, 0.05) is 33.0 Å². The standard InChI is InChI=1S/C20H25NO7/c1-11-6-5-7-16-15(11)8-9-21(16)20-19(28-14(4)24)18(27-13(3)23)17(10-25-20)26-12(2)22/h5-7,17-20H,8-10H2,1-4H3/t17-,18+,19-,20-/m1/s1. The molecule has 0 saturated carbocycles. The summed E-state index contributed by atoms with van der Waals surface area (Å²) in [6.07, 6.45) is -2.59. The minimum absolute atomic E-state index is 0.0254. The number of ether oxygens (including phenoxy) is 4. The van der Waals surface area contributed by atoms with E-state index in [1.807, 2.05) is 30.0 Å². The summed E-state index contributed by atoms with van der Waals surface area (Å²) < 4.78 is 22.2. The van der Waals surface area contributed by atoms with Gasteiger partial charge in [-0.15, -0.1) is 0 Å². The SMILES string of the molecule is CC(=O)O[C@@H]1[C@@H](OC(C)=O)[C@H](OC(C)=O)CO[C@H]1N1CCc2c(C)cccc21. The summed E-state index contributed by atoms with van der Waals surface area (Å²) in [4.78, 5) is 37.0. The Balaban J connectivity index is 1.95. The van der Waals surface area contributed by atoms with E-state index in [4.69, 9.17) is 18.9 Å². The molecule has 28 heavy (non-hydrogen) atoms. The first-order valence-electron chi connectivity index (χ1n) is 9.26.